The smallest absolute Gasteiger partial charge is 0.159 e. The molecule has 0 fully saturated rings. The number of ketones is 1. The van der Waals surface area contributed by atoms with E-state index in [2.05, 4.69) is 55.2 Å². The molecular formula is C23H18O. The summed E-state index contributed by atoms with van der Waals surface area (Å²) in [6.45, 7) is 3.65. The molecule has 0 heterocycles. The molecule has 1 nitrogen and oxygen atoms in total. The maximum atomic E-state index is 11.3. The highest BCUT2D eigenvalue weighted by Crippen LogP contribution is 2.20. The van der Waals surface area contributed by atoms with Gasteiger partial charge >= 0.3 is 0 Å². The highest BCUT2D eigenvalue weighted by atomic mass is 16.1. The van der Waals surface area contributed by atoms with Crippen molar-refractivity contribution < 1.29 is 4.79 Å². The van der Waals surface area contributed by atoms with E-state index >= 15 is 0 Å². The van der Waals surface area contributed by atoms with Crippen LogP contribution in [0.25, 0.3) is 11.1 Å². The Morgan fingerprint density at radius 2 is 1.08 bits per heavy atom. The van der Waals surface area contributed by atoms with Gasteiger partial charge in [-0.05, 0) is 49.2 Å². The number of carbonyl (C=O) groups is 1. The van der Waals surface area contributed by atoms with Gasteiger partial charge in [0.25, 0.3) is 0 Å². The molecule has 0 unspecified atom stereocenters. The molecule has 0 amide bonds. The van der Waals surface area contributed by atoms with Gasteiger partial charge in [0.2, 0.25) is 0 Å². The van der Waals surface area contributed by atoms with Crippen molar-refractivity contribution in [2.24, 2.45) is 0 Å². The van der Waals surface area contributed by atoms with E-state index in [9.17, 15) is 4.79 Å². The maximum absolute atomic E-state index is 11.3. The summed E-state index contributed by atoms with van der Waals surface area (Å²) >= 11 is 0. The van der Waals surface area contributed by atoms with E-state index in [0.29, 0.717) is 5.56 Å². The van der Waals surface area contributed by atoms with Crippen molar-refractivity contribution in [1.82, 2.24) is 0 Å². The normalized spacial score (nSPS) is 9.92. The number of benzene rings is 3. The quantitative estimate of drug-likeness (QED) is 0.466. The minimum Gasteiger partial charge on any atom is -0.295 e. The average molecular weight is 310 g/mol. The first-order valence-electron chi connectivity index (χ1n) is 7.92. The highest BCUT2D eigenvalue weighted by Gasteiger charge is 1.98. The van der Waals surface area contributed by atoms with E-state index in [1.165, 1.54) is 16.7 Å². The van der Waals surface area contributed by atoms with Gasteiger partial charge in [-0.3, -0.25) is 4.79 Å². The molecule has 0 aromatic heterocycles. The van der Waals surface area contributed by atoms with Gasteiger partial charge in [0.1, 0.15) is 0 Å². The number of rotatable bonds is 2. The van der Waals surface area contributed by atoms with Crippen LogP contribution in [0.4, 0.5) is 0 Å². The standard InChI is InChI=1S/C23H18O/c1-17-3-11-22(12-4-17)23-15-9-20(10-16-23)6-5-19-7-13-21(14-8-19)18(2)24/h3-4,7-16H,1-2H3. The summed E-state index contributed by atoms with van der Waals surface area (Å²) in [4.78, 5) is 11.3. The molecule has 3 aromatic carbocycles. The van der Waals surface area contributed by atoms with Gasteiger partial charge in [0.15, 0.2) is 5.78 Å². The molecule has 0 saturated heterocycles. The predicted octanol–water partition coefficient (Wildman–Crippen LogP) is 5.26. The predicted molar refractivity (Wildman–Crippen MR) is 99.0 cm³/mol. The third-order valence-corrected chi connectivity index (χ3v) is 3.91. The van der Waals surface area contributed by atoms with Crippen molar-refractivity contribution in [1.29, 1.82) is 0 Å². The van der Waals surface area contributed by atoms with Gasteiger partial charge in [0.05, 0.1) is 0 Å². The van der Waals surface area contributed by atoms with E-state index in [-0.39, 0.29) is 5.78 Å². The van der Waals surface area contributed by atoms with Crippen LogP contribution in [0.3, 0.4) is 0 Å². The summed E-state index contributed by atoms with van der Waals surface area (Å²) in [5.41, 5.74) is 6.25. The fourth-order valence-electron chi connectivity index (χ4n) is 2.42. The highest BCUT2D eigenvalue weighted by molar-refractivity contribution is 5.94. The third kappa shape index (κ3) is 3.80. The summed E-state index contributed by atoms with van der Waals surface area (Å²) in [5, 5.41) is 0. The molecule has 116 valence electrons. The Kier molecular flexibility index (Phi) is 4.59. The monoisotopic (exact) mass is 310 g/mol. The Morgan fingerprint density at radius 3 is 1.54 bits per heavy atom. The molecular weight excluding hydrogens is 292 g/mol. The Labute approximate surface area is 143 Å². The van der Waals surface area contributed by atoms with Crippen LogP contribution in [0.1, 0.15) is 34.0 Å². The van der Waals surface area contributed by atoms with Crippen LogP contribution in [-0.4, -0.2) is 5.78 Å². The SMILES string of the molecule is CC(=O)c1ccc(C#Cc2ccc(-c3ccc(C)cc3)cc2)cc1. The van der Waals surface area contributed by atoms with Crippen molar-refractivity contribution in [3.8, 4) is 23.0 Å². The Balaban J connectivity index is 1.77. The molecule has 0 aliphatic rings. The van der Waals surface area contributed by atoms with Crippen molar-refractivity contribution in [2.45, 2.75) is 13.8 Å². The first-order chi connectivity index (χ1) is 11.6. The molecule has 0 bridgehead atoms. The number of hydrogen-bond acceptors (Lipinski definition) is 1. The van der Waals surface area contributed by atoms with Crippen LogP contribution in [-0.2, 0) is 0 Å². The van der Waals surface area contributed by atoms with Crippen LogP contribution in [0, 0.1) is 18.8 Å². The van der Waals surface area contributed by atoms with Crippen LogP contribution in [0.5, 0.6) is 0 Å². The summed E-state index contributed by atoms with van der Waals surface area (Å²) in [5.74, 6) is 6.37. The fourth-order valence-corrected chi connectivity index (χ4v) is 2.42. The second kappa shape index (κ2) is 6.98. The van der Waals surface area contributed by atoms with Gasteiger partial charge in [-0.2, -0.15) is 0 Å². The molecule has 0 atom stereocenters. The van der Waals surface area contributed by atoms with Gasteiger partial charge in [-0.25, -0.2) is 0 Å². The number of carbonyl (C=O) groups excluding carboxylic acids is 1. The van der Waals surface area contributed by atoms with Crippen LogP contribution < -0.4 is 0 Å². The molecule has 0 spiro atoms. The molecule has 0 radical (unpaired) electrons. The van der Waals surface area contributed by atoms with E-state index in [1.807, 2.05) is 36.4 Å². The number of Topliss-reactive ketones (excluding diaryl/α,β-unsaturated/α-hetero) is 1. The number of hydrogen-bond donors (Lipinski definition) is 0. The lowest BCUT2D eigenvalue weighted by Crippen LogP contribution is -1.90. The molecule has 1 heteroatoms. The van der Waals surface area contributed by atoms with Gasteiger partial charge in [0, 0.05) is 16.7 Å². The van der Waals surface area contributed by atoms with E-state index in [0.717, 1.165) is 11.1 Å². The van der Waals surface area contributed by atoms with E-state index < -0.39 is 0 Å². The molecule has 3 aromatic rings. The van der Waals surface area contributed by atoms with Crippen LogP contribution >= 0.6 is 0 Å². The lowest BCUT2D eigenvalue weighted by Gasteiger charge is -2.02. The third-order valence-electron chi connectivity index (χ3n) is 3.91. The Morgan fingerprint density at radius 1 is 0.667 bits per heavy atom. The summed E-state index contributed by atoms with van der Waals surface area (Å²) in [7, 11) is 0. The summed E-state index contributed by atoms with van der Waals surface area (Å²) in [6, 6.07) is 24.1. The van der Waals surface area contributed by atoms with Gasteiger partial charge in [-0.15, -0.1) is 0 Å². The molecule has 3 rings (SSSR count). The first-order valence-corrected chi connectivity index (χ1v) is 7.92. The lowest BCUT2D eigenvalue weighted by molar-refractivity contribution is 0.101. The Bertz CT molecular complexity index is 903. The molecule has 0 aliphatic heterocycles. The van der Waals surface area contributed by atoms with E-state index in [4.69, 9.17) is 0 Å². The van der Waals surface area contributed by atoms with Crippen molar-refractivity contribution in [3.63, 3.8) is 0 Å². The average Bonchev–Trinajstić information content (AvgIpc) is 2.61. The Hall–Kier alpha value is -3.11. The second-order valence-corrected chi connectivity index (χ2v) is 5.83. The van der Waals surface area contributed by atoms with Gasteiger partial charge in [-0.1, -0.05) is 65.9 Å². The lowest BCUT2D eigenvalue weighted by atomic mass is 10.0. The van der Waals surface area contributed by atoms with Crippen LogP contribution in [0.2, 0.25) is 0 Å². The minimum atomic E-state index is 0.0706. The second-order valence-electron chi connectivity index (χ2n) is 5.83. The zero-order valence-corrected chi connectivity index (χ0v) is 13.8. The summed E-state index contributed by atoms with van der Waals surface area (Å²) < 4.78 is 0. The largest absolute Gasteiger partial charge is 0.295 e. The summed E-state index contributed by atoms with van der Waals surface area (Å²) in [6.07, 6.45) is 0. The van der Waals surface area contributed by atoms with Crippen molar-refractivity contribution >= 4 is 5.78 Å². The van der Waals surface area contributed by atoms with Crippen molar-refractivity contribution in [3.05, 3.63) is 95.1 Å². The van der Waals surface area contributed by atoms with E-state index in [1.54, 1.807) is 6.92 Å². The zero-order valence-electron chi connectivity index (χ0n) is 13.8. The molecule has 0 saturated carbocycles. The van der Waals surface area contributed by atoms with Gasteiger partial charge < -0.3 is 0 Å². The van der Waals surface area contributed by atoms with Crippen molar-refractivity contribution in [2.75, 3.05) is 0 Å². The molecule has 0 aliphatic carbocycles. The zero-order chi connectivity index (χ0) is 16.9. The molecule has 24 heavy (non-hydrogen) atoms. The topological polar surface area (TPSA) is 17.1 Å². The van der Waals surface area contributed by atoms with Crippen LogP contribution in [0.15, 0.2) is 72.8 Å². The minimum absolute atomic E-state index is 0.0706. The maximum Gasteiger partial charge on any atom is 0.159 e. The number of aryl methyl sites for hydroxylation is 1. The molecule has 0 N–H and O–H groups in total. The first kappa shape index (κ1) is 15.8. The fraction of sp³-hybridized carbons (Fsp3) is 0.0870.